The summed E-state index contributed by atoms with van der Waals surface area (Å²) in [6.45, 7) is 0. The van der Waals surface area contributed by atoms with Gasteiger partial charge in [0.25, 0.3) is 0 Å². The van der Waals surface area contributed by atoms with Crippen LogP contribution in [0.25, 0.3) is 0 Å². The van der Waals surface area contributed by atoms with Gasteiger partial charge in [-0.1, -0.05) is 36.6 Å². The third-order valence-electron chi connectivity index (χ3n) is 4.63. The van der Waals surface area contributed by atoms with Gasteiger partial charge in [-0.2, -0.15) is 0 Å². The second kappa shape index (κ2) is 5.38. The van der Waals surface area contributed by atoms with E-state index in [-0.39, 0.29) is 17.4 Å². The summed E-state index contributed by atoms with van der Waals surface area (Å²) in [4.78, 5) is 12.6. The third-order valence-corrected chi connectivity index (χ3v) is 4.88. The average Bonchev–Trinajstić information content (AvgIpc) is 3.24. The minimum Gasteiger partial charge on any atom is -0.391 e. The maximum absolute atomic E-state index is 12.6. The van der Waals surface area contributed by atoms with Crippen molar-refractivity contribution in [3.8, 4) is 0 Å². The van der Waals surface area contributed by atoms with Crippen molar-refractivity contribution >= 4 is 17.5 Å². The summed E-state index contributed by atoms with van der Waals surface area (Å²) in [5.74, 6) is 0.0609. The summed E-state index contributed by atoms with van der Waals surface area (Å²) in [6, 6.07) is 7.46. The average molecular weight is 294 g/mol. The Kier molecular flexibility index (Phi) is 3.74. The Labute approximate surface area is 124 Å². The van der Waals surface area contributed by atoms with Crippen LogP contribution in [0.2, 0.25) is 5.02 Å². The molecule has 1 amide bonds. The molecule has 0 heterocycles. The van der Waals surface area contributed by atoms with Crippen molar-refractivity contribution in [2.45, 2.75) is 56.1 Å². The number of hydrogen-bond donors (Lipinski definition) is 2. The van der Waals surface area contributed by atoms with Gasteiger partial charge >= 0.3 is 0 Å². The fourth-order valence-corrected chi connectivity index (χ4v) is 3.25. The second-order valence-corrected chi connectivity index (χ2v) is 6.46. The van der Waals surface area contributed by atoms with Gasteiger partial charge < -0.3 is 10.4 Å². The summed E-state index contributed by atoms with van der Waals surface area (Å²) >= 11 is 5.90. The van der Waals surface area contributed by atoms with Crippen LogP contribution in [0.1, 0.15) is 44.1 Å². The molecule has 20 heavy (non-hydrogen) atoms. The molecule has 1 aromatic rings. The van der Waals surface area contributed by atoms with Crippen molar-refractivity contribution in [1.29, 1.82) is 0 Å². The summed E-state index contributed by atoms with van der Waals surface area (Å²) < 4.78 is 0. The van der Waals surface area contributed by atoms with Gasteiger partial charge in [0.1, 0.15) is 0 Å². The molecule has 0 unspecified atom stereocenters. The molecule has 2 atom stereocenters. The van der Waals surface area contributed by atoms with Crippen LogP contribution < -0.4 is 5.32 Å². The van der Waals surface area contributed by atoms with E-state index in [1.807, 2.05) is 24.3 Å². The van der Waals surface area contributed by atoms with Gasteiger partial charge in [0, 0.05) is 5.02 Å². The van der Waals surface area contributed by atoms with Gasteiger partial charge in [-0.15, -0.1) is 0 Å². The lowest BCUT2D eigenvalue weighted by Gasteiger charge is -2.30. The number of carbonyl (C=O) groups excluding carboxylic acids is 1. The van der Waals surface area contributed by atoms with Crippen molar-refractivity contribution in [3.05, 3.63) is 34.9 Å². The lowest BCUT2D eigenvalue weighted by Crippen LogP contribution is -2.48. The monoisotopic (exact) mass is 293 g/mol. The highest BCUT2D eigenvalue weighted by Crippen LogP contribution is 2.48. The molecule has 2 aliphatic carbocycles. The smallest absolute Gasteiger partial charge is 0.230 e. The highest BCUT2D eigenvalue weighted by atomic mass is 35.5. The zero-order valence-electron chi connectivity index (χ0n) is 11.4. The SMILES string of the molecule is O=C(N[C@@H]1CCCC[C@H]1O)C1(c2ccc(Cl)cc2)CC1. The van der Waals surface area contributed by atoms with Crippen molar-refractivity contribution in [3.63, 3.8) is 0 Å². The van der Waals surface area contributed by atoms with Crippen molar-refractivity contribution < 1.29 is 9.90 Å². The second-order valence-electron chi connectivity index (χ2n) is 6.02. The third kappa shape index (κ3) is 2.57. The zero-order chi connectivity index (χ0) is 14.2. The maximum atomic E-state index is 12.6. The summed E-state index contributed by atoms with van der Waals surface area (Å²) in [7, 11) is 0. The molecule has 0 aliphatic heterocycles. The molecule has 0 radical (unpaired) electrons. The summed E-state index contributed by atoms with van der Waals surface area (Å²) in [5, 5.41) is 13.7. The molecule has 2 N–H and O–H groups in total. The maximum Gasteiger partial charge on any atom is 0.230 e. The number of carbonyl (C=O) groups is 1. The van der Waals surface area contributed by atoms with E-state index in [0.29, 0.717) is 5.02 Å². The molecule has 0 saturated heterocycles. The highest BCUT2D eigenvalue weighted by Gasteiger charge is 2.51. The van der Waals surface area contributed by atoms with Gasteiger partial charge in [0.05, 0.1) is 17.6 Å². The van der Waals surface area contributed by atoms with E-state index >= 15 is 0 Å². The van der Waals surface area contributed by atoms with Crippen LogP contribution >= 0.6 is 11.6 Å². The number of hydrogen-bond acceptors (Lipinski definition) is 2. The van der Waals surface area contributed by atoms with Crippen LogP contribution in [0.15, 0.2) is 24.3 Å². The number of halogens is 1. The first-order chi connectivity index (χ1) is 9.62. The van der Waals surface area contributed by atoms with E-state index in [9.17, 15) is 9.90 Å². The molecule has 0 spiro atoms. The molecular formula is C16H20ClNO2. The van der Waals surface area contributed by atoms with E-state index in [4.69, 9.17) is 11.6 Å². The Balaban J connectivity index is 1.71. The molecule has 1 aromatic carbocycles. The molecule has 2 aliphatic rings. The normalized spacial score (nSPS) is 27.9. The molecule has 0 bridgehead atoms. The van der Waals surface area contributed by atoms with E-state index in [2.05, 4.69) is 5.32 Å². The standard InChI is InChI=1S/C16H20ClNO2/c17-12-7-5-11(6-8-12)16(9-10-16)15(20)18-13-3-1-2-4-14(13)19/h5-8,13-14,19H,1-4,9-10H2,(H,18,20)/t13-,14-/m1/s1. The fraction of sp³-hybridized carbons (Fsp3) is 0.562. The first-order valence-corrected chi connectivity index (χ1v) is 7.75. The largest absolute Gasteiger partial charge is 0.391 e. The molecular weight excluding hydrogens is 274 g/mol. The Morgan fingerprint density at radius 1 is 1.20 bits per heavy atom. The number of aliphatic hydroxyl groups is 1. The van der Waals surface area contributed by atoms with Crippen molar-refractivity contribution in [1.82, 2.24) is 5.32 Å². The van der Waals surface area contributed by atoms with Crippen LogP contribution in [0.4, 0.5) is 0 Å². The predicted molar refractivity (Wildman–Crippen MR) is 78.8 cm³/mol. The molecule has 3 rings (SSSR count). The minimum absolute atomic E-state index is 0.0609. The number of nitrogens with one attached hydrogen (secondary N) is 1. The Morgan fingerprint density at radius 2 is 1.85 bits per heavy atom. The molecule has 3 nitrogen and oxygen atoms in total. The van der Waals surface area contributed by atoms with Crippen LogP contribution in [0, 0.1) is 0 Å². The minimum atomic E-state index is -0.395. The molecule has 0 aromatic heterocycles. The first-order valence-electron chi connectivity index (χ1n) is 7.37. The van der Waals surface area contributed by atoms with Crippen molar-refractivity contribution in [2.75, 3.05) is 0 Å². The van der Waals surface area contributed by atoms with Gasteiger partial charge in [-0.05, 0) is 43.4 Å². The zero-order valence-corrected chi connectivity index (χ0v) is 12.2. The number of rotatable bonds is 3. The topological polar surface area (TPSA) is 49.3 Å². The molecule has 2 saturated carbocycles. The fourth-order valence-electron chi connectivity index (χ4n) is 3.13. The Morgan fingerprint density at radius 3 is 2.45 bits per heavy atom. The molecule has 2 fully saturated rings. The van der Waals surface area contributed by atoms with Crippen LogP contribution in [0.3, 0.4) is 0 Å². The van der Waals surface area contributed by atoms with Crippen molar-refractivity contribution in [2.24, 2.45) is 0 Å². The van der Waals surface area contributed by atoms with E-state index in [1.165, 1.54) is 0 Å². The van der Waals surface area contributed by atoms with E-state index in [1.54, 1.807) is 0 Å². The van der Waals surface area contributed by atoms with Gasteiger partial charge in [-0.25, -0.2) is 0 Å². The van der Waals surface area contributed by atoms with Gasteiger partial charge in [0.2, 0.25) is 5.91 Å². The lowest BCUT2D eigenvalue weighted by atomic mass is 9.90. The van der Waals surface area contributed by atoms with Crippen LogP contribution in [-0.4, -0.2) is 23.2 Å². The van der Waals surface area contributed by atoms with Gasteiger partial charge in [0.15, 0.2) is 0 Å². The van der Waals surface area contributed by atoms with E-state index < -0.39 is 6.10 Å². The van der Waals surface area contributed by atoms with Gasteiger partial charge in [-0.3, -0.25) is 4.79 Å². The summed E-state index contributed by atoms with van der Waals surface area (Å²) in [6.07, 6.45) is 5.16. The summed E-state index contributed by atoms with van der Waals surface area (Å²) in [5.41, 5.74) is 0.645. The Bertz CT molecular complexity index is 496. The lowest BCUT2D eigenvalue weighted by molar-refractivity contribution is -0.125. The Hall–Kier alpha value is -1.06. The first kappa shape index (κ1) is 13.9. The molecule has 4 heteroatoms. The molecule has 108 valence electrons. The predicted octanol–water partition coefficient (Wildman–Crippen LogP) is 2.79. The van der Waals surface area contributed by atoms with Crippen LogP contribution in [-0.2, 0) is 10.2 Å². The number of benzene rings is 1. The highest BCUT2D eigenvalue weighted by molar-refractivity contribution is 6.30. The number of amides is 1. The quantitative estimate of drug-likeness (QED) is 0.900. The van der Waals surface area contributed by atoms with Crippen LogP contribution in [0.5, 0.6) is 0 Å². The number of aliphatic hydroxyl groups excluding tert-OH is 1. The van der Waals surface area contributed by atoms with E-state index in [0.717, 1.165) is 44.1 Å².